The van der Waals surface area contributed by atoms with Crippen molar-refractivity contribution in [2.24, 2.45) is 5.92 Å². The molecule has 0 saturated carbocycles. The molecule has 0 aromatic heterocycles. The van der Waals surface area contributed by atoms with Crippen LogP contribution in [0.1, 0.15) is 6.92 Å². The summed E-state index contributed by atoms with van der Waals surface area (Å²) >= 11 is 0. The molecule has 3 heteroatoms. The summed E-state index contributed by atoms with van der Waals surface area (Å²) in [4.78, 5) is 0. The molecule has 0 spiro atoms. The molecule has 58 valence electrons. The van der Waals surface area contributed by atoms with Gasteiger partial charge in [-0.25, -0.2) is 0 Å². The molecule has 0 aromatic rings. The van der Waals surface area contributed by atoms with Gasteiger partial charge >= 0.3 is 0 Å². The molecule has 1 rings (SSSR count). The number of hydrogen-bond donors (Lipinski definition) is 0. The van der Waals surface area contributed by atoms with Crippen molar-refractivity contribution in [1.82, 2.24) is 0 Å². The number of rotatable bonds is 3. The fourth-order valence-corrected chi connectivity index (χ4v) is 2.01. The standard InChI is InChI=1S/C7H12O2S/c1-2-3-9-4-7-5-10(8)6-7/h2-3,7H,4-6H2,1H3/b3-2+. The SMILES string of the molecule is C/C=C/OCC1CS(=O)C1. The third kappa shape index (κ3) is 2.14. The van der Waals surface area contributed by atoms with Gasteiger partial charge in [-0.05, 0) is 6.92 Å². The van der Waals surface area contributed by atoms with Gasteiger partial charge in [-0.15, -0.1) is 0 Å². The number of ether oxygens (including phenoxy) is 1. The molecule has 0 amide bonds. The third-order valence-electron chi connectivity index (χ3n) is 1.41. The molecule has 0 atom stereocenters. The van der Waals surface area contributed by atoms with Crippen LogP contribution in [0, 0.1) is 5.92 Å². The van der Waals surface area contributed by atoms with Gasteiger partial charge in [0.15, 0.2) is 0 Å². The summed E-state index contributed by atoms with van der Waals surface area (Å²) in [6.45, 7) is 2.65. The van der Waals surface area contributed by atoms with E-state index in [0.717, 1.165) is 18.1 Å². The zero-order chi connectivity index (χ0) is 7.40. The van der Waals surface area contributed by atoms with Crippen LogP contribution < -0.4 is 0 Å². The van der Waals surface area contributed by atoms with Crippen LogP contribution in [0.15, 0.2) is 12.3 Å². The molecule has 1 aliphatic rings. The monoisotopic (exact) mass is 160 g/mol. The molecule has 0 unspecified atom stereocenters. The Morgan fingerprint density at radius 2 is 2.40 bits per heavy atom. The fraction of sp³-hybridized carbons (Fsp3) is 0.714. The molecular formula is C7H12O2S. The van der Waals surface area contributed by atoms with E-state index in [1.807, 2.05) is 13.0 Å². The maximum Gasteiger partial charge on any atom is 0.0918 e. The van der Waals surface area contributed by atoms with Crippen LogP contribution in [0.2, 0.25) is 0 Å². The predicted octanol–water partition coefficient (Wildman–Crippen LogP) is 0.915. The van der Waals surface area contributed by atoms with E-state index in [4.69, 9.17) is 4.74 Å². The van der Waals surface area contributed by atoms with Gasteiger partial charge in [-0.1, -0.05) is 6.08 Å². The molecule has 0 aromatic carbocycles. The summed E-state index contributed by atoms with van der Waals surface area (Å²) in [5.74, 6) is 2.20. The Balaban J connectivity index is 2.00. The Bertz CT molecular complexity index is 146. The Labute approximate surface area is 63.7 Å². The highest BCUT2D eigenvalue weighted by Crippen LogP contribution is 2.13. The lowest BCUT2D eigenvalue weighted by Gasteiger charge is -2.23. The highest BCUT2D eigenvalue weighted by atomic mass is 32.2. The molecule has 0 bridgehead atoms. The Morgan fingerprint density at radius 3 is 2.90 bits per heavy atom. The van der Waals surface area contributed by atoms with E-state index in [0.29, 0.717) is 5.92 Å². The lowest BCUT2D eigenvalue weighted by atomic mass is 10.2. The summed E-state index contributed by atoms with van der Waals surface area (Å²) < 4.78 is 15.7. The Kier molecular flexibility index (Phi) is 2.93. The van der Waals surface area contributed by atoms with E-state index in [1.165, 1.54) is 0 Å². The van der Waals surface area contributed by atoms with E-state index in [2.05, 4.69) is 0 Å². The molecule has 2 nitrogen and oxygen atoms in total. The van der Waals surface area contributed by atoms with E-state index in [1.54, 1.807) is 6.26 Å². The van der Waals surface area contributed by atoms with Crippen molar-refractivity contribution in [3.8, 4) is 0 Å². The first-order valence-corrected chi connectivity index (χ1v) is 4.89. The molecule has 1 saturated heterocycles. The van der Waals surface area contributed by atoms with Crippen LogP contribution in [-0.2, 0) is 15.5 Å². The highest BCUT2D eigenvalue weighted by Gasteiger charge is 2.25. The van der Waals surface area contributed by atoms with Crippen molar-refractivity contribution in [2.75, 3.05) is 18.1 Å². The zero-order valence-corrected chi connectivity index (χ0v) is 6.89. The van der Waals surface area contributed by atoms with Crippen molar-refractivity contribution in [1.29, 1.82) is 0 Å². The second-order valence-corrected chi connectivity index (χ2v) is 3.99. The molecular weight excluding hydrogens is 148 g/mol. The van der Waals surface area contributed by atoms with Gasteiger partial charge in [0.2, 0.25) is 0 Å². The highest BCUT2D eigenvalue weighted by molar-refractivity contribution is 7.86. The summed E-state index contributed by atoms with van der Waals surface area (Å²) in [5, 5.41) is 0. The van der Waals surface area contributed by atoms with E-state index in [-0.39, 0.29) is 0 Å². The third-order valence-corrected chi connectivity index (χ3v) is 3.09. The maximum absolute atomic E-state index is 10.6. The second kappa shape index (κ2) is 3.76. The smallest absolute Gasteiger partial charge is 0.0918 e. The Hall–Kier alpha value is -0.310. The fourth-order valence-electron chi connectivity index (χ4n) is 0.861. The average Bonchev–Trinajstić information content (AvgIpc) is 1.85. The lowest BCUT2D eigenvalue weighted by Crippen LogP contribution is -2.33. The van der Waals surface area contributed by atoms with Gasteiger partial charge in [0.1, 0.15) is 0 Å². The van der Waals surface area contributed by atoms with Gasteiger partial charge < -0.3 is 4.74 Å². The zero-order valence-electron chi connectivity index (χ0n) is 6.08. The van der Waals surface area contributed by atoms with Crippen LogP contribution in [0.25, 0.3) is 0 Å². The summed E-state index contributed by atoms with van der Waals surface area (Å²) in [5.41, 5.74) is 0. The van der Waals surface area contributed by atoms with E-state index in [9.17, 15) is 4.21 Å². The molecule has 10 heavy (non-hydrogen) atoms. The summed E-state index contributed by atoms with van der Waals surface area (Å²) in [7, 11) is -0.532. The largest absolute Gasteiger partial charge is 0.501 e. The van der Waals surface area contributed by atoms with Gasteiger partial charge in [0.25, 0.3) is 0 Å². The molecule has 1 fully saturated rings. The summed E-state index contributed by atoms with van der Waals surface area (Å²) in [6.07, 6.45) is 3.54. The second-order valence-electron chi connectivity index (χ2n) is 2.44. The first-order valence-electron chi connectivity index (χ1n) is 3.40. The Morgan fingerprint density at radius 1 is 1.70 bits per heavy atom. The molecule has 0 N–H and O–H groups in total. The lowest BCUT2D eigenvalue weighted by molar-refractivity contribution is 0.208. The average molecular weight is 160 g/mol. The maximum atomic E-state index is 10.6. The normalized spacial score (nSPS) is 32.1. The van der Waals surface area contributed by atoms with Crippen molar-refractivity contribution < 1.29 is 8.95 Å². The molecule has 1 heterocycles. The molecule has 0 aliphatic carbocycles. The first kappa shape index (κ1) is 7.79. The minimum atomic E-state index is -0.532. The van der Waals surface area contributed by atoms with Crippen molar-refractivity contribution in [3.05, 3.63) is 12.3 Å². The predicted molar refractivity (Wildman–Crippen MR) is 42.1 cm³/mol. The van der Waals surface area contributed by atoms with E-state index >= 15 is 0 Å². The van der Waals surface area contributed by atoms with Gasteiger partial charge in [0.05, 0.1) is 12.9 Å². The number of hydrogen-bond acceptors (Lipinski definition) is 2. The van der Waals surface area contributed by atoms with Crippen LogP contribution in [0.4, 0.5) is 0 Å². The van der Waals surface area contributed by atoms with Crippen molar-refractivity contribution in [3.63, 3.8) is 0 Å². The first-order chi connectivity index (χ1) is 4.83. The minimum absolute atomic E-state index is 0.532. The number of allylic oxidation sites excluding steroid dienone is 1. The van der Waals surface area contributed by atoms with Gasteiger partial charge in [0, 0.05) is 28.2 Å². The van der Waals surface area contributed by atoms with Gasteiger partial charge in [-0.2, -0.15) is 0 Å². The molecule has 0 radical (unpaired) electrons. The van der Waals surface area contributed by atoms with Crippen LogP contribution >= 0.6 is 0 Å². The van der Waals surface area contributed by atoms with Crippen LogP contribution in [-0.4, -0.2) is 22.3 Å². The van der Waals surface area contributed by atoms with Crippen molar-refractivity contribution in [2.45, 2.75) is 6.92 Å². The minimum Gasteiger partial charge on any atom is -0.501 e. The van der Waals surface area contributed by atoms with Crippen molar-refractivity contribution >= 4 is 10.8 Å². The molecule has 1 aliphatic heterocycles. The van der Waals surface area contributed by atoms with Crippen LogP contribution in [0.3, 0.4) is 0 Å². The van der Waals surface area contributed by atoms with Crippen LogP contribution in [0.5, 0.6) is 0 Å². The topological polar surface area (TPSA) is 26.3 Å². The van der Waals surface area contributed by atoms with Gasteiger partial charge in [-0.3, -0.25) is 4.21 Å². The van der Waals surface area contributed by atoms with E-state index < -0.39 is 10.8 Å². The quantitative estimate of drug-likeness (QED) is 0.574. The summed E-state index contributed by atoms with van der Waals surface area (Å²) in [6, 6.07) is 0.